The van der Waals surface area contributed by atoms with Crippen LogP contribution in [-0.4, -0.2) is 44.5 Å². The van der Waals surface area contributed by atoms with Crippen molar-refractivity contribution in [3.8, 4) is 0 Å². The Hall–Kier alpha value is -1.47. The van der Waals surface area contributed by atoms with E-state index in [1.54, 1.807) is 19.9 Å². The van der Waals surface area contributed by atoms with Crippen LogP contribution in [0.2, 0.25) is 0 Å². The number of nitrogens with one attached hydrogen (secondary N) is 1. The molecule has 0 aliphatic carbocycles. The summed E-state index contributed by atoms with van der Waals surface area (Å²) < 4.78 is 37.7. The van der Waals surface area contributed by atoms with Gasteiger partial charge in [0.25, 0.3) is 5.91 Å². The monoisotopic (exact) mass is 316 g/mol. The van der Waals surface area contributed by atoms with Gasteiger partial charge in [-0.15, -0.1) is 0 Å². The Labute approximate surface area is 125 Å². The number of sulfonamides is 1. The summed E-state index contributed by atoms with van der Waals surface area (Å²) in [4.78, 5) is 11.8. The smallest absolute Gasteiger partial charge is 0.254 e. The minimum absolute atomic E-state index is 0.00365. The maximum Gasteiger partial charge on any atom is 0.254 e. The van der Waals surface area contributed by atoms with Gasteiger partial charge in [-0.3, -0.25) is 4.79 Å². The molecule has 1 amide bonds. The van der Waals surface area contributed by atoms with E-state index in [0.717, 1.165) is 11.8 Å². The summed E-state index contributed by atoms with van der Waals surface area (Å²) in [5.41, 5.74) is 0.742. The van der Waals surface area contributed by atoms with Crippen LogP contribution in [0.3, 0.4) is 0 Å². The SMILES string of the molecule is CCN(CCCNC(=O)c1ccc(C)cc1F)S(C)(=O)=O. The molecule has 0 aromatic heterocycles. The van der Waals surface area contributed by atoms with Crippen molar-refractivity contribution in [3.05, 3.63) is 35.1 Å². The molecule has 0 aliphatic heterocycles. The van der Waals surface area contributed by atoms with E-state index in [0.29, 0.717) is 19.5 Å². The minimum Gasteiger partial charge on any atom is -0.352 e. The number of carbonyl (C=O) groups is 1. The van der Waals surface area contributed by atoms with Crippen LogP contribution < -0.4 is 5.32 Å². The zero-order valence-electron chi connectivity index (χ0n) is 12.5. The molecule has 0 atom stereocenters. The zero-order valence-corrected chi connectivity index (χ0v) is 13.3. The molecule has 118 valence electrons. The number of nitrogens with zero attached hydrogens (tertiary/aromatic N) is 1. The van der Waals surface area contributed by atoms with E-state index in [2.05, 4.69) is 5.32 Å². The summed E-state index contributed by atoms with van der Waals surface area (Å²) >= 11 is 0. The van der Waals surface area contributed by atoms with Crippen molar-refractivity contribution in [2.75, 3.05) is 25.9 Å². The summed E-state index contributed by atoms with van der Waals surface area (Å²) in [7, 11) is -3.22. The van der Waals surface area contributed by atoms with Crippen LogP contribution in [0, 0.1) is 12.7 Å². The normalized spacial score (nSPS) is 11.7. The largest absolute Gasteiger partial charge is 0.352 e. The molecule has 0 fully saturated rings. The van der Waals surface area contributed by atoms with E-state index in [9.17, 15) is 17.6 Å². The third-order valence-electron chi connectivity index (χ3n) is 3.06. The first kappa shape index (κ1) is 17.6. The van der Waals surface area contributed by atoms with Gasteiger partial charge in [0.05, 0.1) is 11.8 Å². The van der Waals surface area contributed by atoms with Crippen molar-refractivity contribution < 1.29 is 17.6 Å². The fraction of sp³-hybridized carbons (Fsp3) is 0.500. The lowest BCUT2D eigenvalue weighted by atomic mass is 10.1. The van der Waals surface area contributed by atoms with Crippen LogP contribution in [0.5, 0.6) is 0 Å². The maximum atomic E-state index is 13.6. The molecule has 1 N–H and O–H groups in total. The first-order chi connectivity index (χ1) is 9.75. The highest BCUT2D eigenvalue weighted by Gasteiger charge is 2.14. The highest BCUT2D eigenvalue weighted by molar-refractivity contribution is 7.88. The van der Waals surface area contributed by atoms with Crippen LogP contribution in [-0.2, 0) is 10.0 Å². The average Bonchev–Trinajstić information content (AvgIpc) is 2.36. The molecule has 1 aromatic rings. The summed E-state index contributed by atoms with van der Waals surface area (Å²) in [6, 6.07) is 4.41. The molecule has 0 spiro atoms. The molecule has 1 aromatic carbocycles. The Morgan fingerprint density at radius 3 is 2.57 bits per heavy atom. The molecule has 21 heavy (non-hydrogen) atoms. The van der Waals surface area contributed by atoms with Gasteiger partial charge in [-0.2, -0.15) is 0 Å². The molecule has 1 rings (SSSR count). The topological polar surface area (TPSA) is 66.5 Å². The number of halogens is 1. The number of amides is 1. The van der Waals surface area contributed by atoms with Gasteiger partial charge in [-0.1, -0.05) is 13.0 Å². The maximum absolute atomic E-state index is 13.6. The van der Waals surface area contributed by atoms with E-state index in [-0.39, 0.29) is 12.1 Å². The van der Waals surface area contributed by atoms with Gasteiger partial charge < -0.3 is 5.32 Å². The van der Waals surface area contributed by atoms with Gasteiger partial charge in [0.15, 0.2) is 0 Å². The van der Waals surface area contributed by atoms with Gasteiger partial charge in [0.1, 0.15) is 5.82 Å². The van der Waals surface area contributed by atoms with Gasteiger partial charge in [0, 0.05) is 19.6 Å². The lowest BCUT2D eigenvalue weighted by molar-refractivity contribution is 0.0949. The predicted octanol–water partition coefficient (Wildman–Crippen LogP) is 1.54. The Bertz CT molecular complexity index is 602. The van der Waals surface area contributed by atoms with Crippen molar-refractivity contribution in [1.82, 2.24) is 9.62 Å². The summed E-state index contributed by atoms with van der Waals surface area (Å²) in [6.45, 7) is 4.50. The molecule has 0 unspecified atom stereocenters. The summed E-state index contributed by atoms with van der Waals surface area (Å²) in [6.07, 6.45) is 1.62. The first-order valence-corrected chi connectivity index (χ1v) is 8.60. The van der Waals surface area contributed by atoms with E-state index in [1.165, 1.54) is 16.4 Å². The molecule has 0 heterocycles. The van der Waals surface area contributed by atoms with Gasteiger partial charge in [-0.25, -0.2) is 17.1 Å². The van der Waals surface area contributed by atoms with Crippen molar-refractivity contribution in [3.63, 3.8) is 0 Å². The third-order valence-corrected chi connectivity index (χ3v) is 4.44. The molecular formula is C14H21FN2O3S. The third kappa shape index (κ3) is 5.43. The number of hydrogen-bond acceptors (Lipinski definition) is 3. The van der Waals surface area contributed by atoms with Gasteiger partial charge >= 0.3 is 0 Å². The van der Waals surface area contributed by atoms with E-state index >= 15 is 0 Å². The number of carbonyl (C=O) groups excluding carboxylic acids is 1. The predicted molar refractivity (Wildman–Crippen MR) is 80.2 cm³/mol. The Kier molecular flexibility index (Phi) is 6.29. The fourth-order valence-corrected chi connectivity index (χ4v) is 2.85. The summed E-state index contributed by atoms with van der Waals surface area (Å²) in [5.74, 6) is -1.05. The second kappa shape index (κ2) is 7.51. The average molecular weight is 316 g/mol. The Balaban J connectivity index is 2.47. The summed E-state index contributed by atoms with van der Waals surface area (Å²) in [5, 5.41) is 2.59. The fourth-order valence-electron chi connectivity index (χ4n) is 1.92. The van der Waals surface area contributed by atoms with Crippen LogP contribution >= 0.6 is 0 Å². The van der Waals surface area contributed by atoms with E-state index in [4.69, 9.17) is 0 Å². The van der Waals surface area contributed by atoms with Crippen LogP contribution in [0.15, 0.2) is 18.2 Å². The molecule has 5 nitrogen and oxygen atoms in total. The van der Waals surface area contributed by atoms with Crippen LogP contribution in [0.1, 0.15) is 29.3 Å². The second-order valence-electron chi connectivity index (χ2n) is 4.85. The standard InChI is InChI=1S/C14H21FN2O3S/c1-4-17(21(3,19)20)9-5-8-16-14(18)12-7-6-11(2)10-13(12)15/h6-7,10H,4-5,8-9H2,1-3H3,(H,16,18). The highest BCUT2D eigenvalue weighted by atomic mass is 32.2. The van der Waals surface area contributed by atoms with Gasteiger partial charge in [0.2, 0.25) is 10.0 Å². The zero-order chi connectivity index (χ0) is 16.0. The van der Waals surface area contributed by atoms with E-state index < -0.39 is 21.7 Å². The van der Waals surface area contributed by atoms with Crippen molar-refractivity contribution in [2.45, 2.75) is 20.3 Å². The highest BCUT2D eigenvalue weighted by Crippen LogP contribution is 2.09. The van der Waals surface area contributed by atoms with Crippen molar-refractivity contribution >= 4 is 15.9 Å². The van der Waals surface area contributed by atoms with Crippen molar-refractivity contribution in [2.24, 2.45) is 0 Å². The molecular weight excluding hydrogens is 295 g/mol. The lowest BCUT2D eigenvalue weighted by Gasteiger charge is -2.17. The lowest BCUT2D eigenvalue weighted by Crippen LogP contribution is -2.33. The molecule has 0 saturated heterocycles. The number of aryl methyl sites for hydroxylation is 1. The number of rotatable bonds is 7. The Morgan fingerprint density at radius 1 is 1.38 bits per heavy atom. The molecule has 7 heteroatoms. The number of benzene rings is 1. The van der Waals surface area contributed by atoms with Crippen LogP contribution in [0.4, 0.5) is 4.39 Å². The Morgan fingerprint density at radius 2 is 2.05 bits per heavy atom. The van der Waals surface area contributed by atoms with Gasteiger partial charge in [-0.05, 0) is 31.0 Å². The van der Waals surface area contributed by atoms with E-state index in [1.807, 2.05) is 0 Å². The number of hydrogen-bond donors (Lipinski definition) is 1. The van der Waals surface area contributed by atoms with Crippen molar-refractivity contribution in [1.29, 1.82) is 0 Å². The van der Waals surface area contributed by atoms with Crippen LogP contribution in [0.25, 0.3) is 0 Å². The molecule has 0 aliphatic rings. The molecule has 0 saturated carbocycles. The molecule has 0 radical (unpaired) electrons. The second-order valence-corrected chi connectivity index (χ2v) is 6.83. The minimum atomic E-state index is -3.22. The molecule has 0 bridgehead atoms. The quantitative estimate of drug-likeness (QED) is 0.776. The first-order valence-electron chi connectivity index (χ1n) is 6.75.